The van der Waals surface area contributed by atoms with Gasteiger partial charge in [0.2, 0.25) is 5.82 Å². The summed E-state index contributed by atoms with van der Waals surface area (Å²) in [7, 11) is 0. The molecular formula is C24H21BrN4O. The van der Waals surface area contributed by atoms with Crippen LogP contribution in [0.2, 0.25) is 0 Å². The second kappa shape index (κ2) is 8.24. The lowest BCUT2D eigenvalue weighted by Gasteiger charge is -2.10. The Labute approximate surface area is 183 Å². The van der Waals surface area contributed by atoms with Crippen molar-refractivity contribution in [2.75, 3.05) is 5.32 Å². The summed E-state index contributed by atoms with van der Waals surface area (Å²) in [5, 5.41) is 7.44. The highest BCUT2D eigenvalue weighted by Gasteiger charge is 2.20. The maximum atomic E-state index is 12.9. The van der Waals surface area contributed by atoms with E-state index in [0.29, 0.717) is 11.5 Å². The van der Waals surface area contributed by atoms with E-state index in [-0.39, 0.29) is 11.7 Å². The number of carbonyl (C=O) groups excluding carboxylic acids is 1. The van der Waals surface area contributed by atoms with Gasteiger partial charge in [-0.2, -0.15) is 0 Å². The van der Waals surface area contributed by atoms with E-state index in [1.807, 2.05) is 81.4 Å². The summed E-state index contributed by atoms with van der Waals surface area (Å²) in [4.78, 5) is 17.5. The number of hydrogen-bond acceptors (Lipinski definition) is 3. The SMILES string of the molecule is Cc1ccc(NC(=O)c2nc(-c3ccc(Br)cc3)n(-c3ccc(C)cc3C)n2)cc1. The minimum absolute atomic E-state index is 0.119. The van der Waals surface area contributed by atoms with Crippen LogP contribution in [0, 0.1) is 20.8 Å². The molecule has 0 aliphatic rings. The van der Waals surface area contributed by atoms with Crippen LogP contribution in [0.25, 0.3) is 17.1 Å². The van der Waals surface area contributed by atoms with E-state index >= 15 is 0 Å². The van der Waals surface area contributed by atoms with Gasteiger partial charge < -0.3 is 5.32 Å². The van der Waals surface area contributed by atoms with Gasteiger partial charge in [0.15, 0.2) is 5.82 Å². The van der Waals surface area contributed by atoms with E-state index in [0.717, 1.165) is 26.9 Å². The number of amides is 1. The largest absolute Gasteiger partial charge is 0.319 e. The number of hydrogen-bond donors (Lipinski definition) is 1. The summed E-state index contributed by atoms with van der Waals surface area (Å²) in [6.07, 6.45) is 0. The molecule has 0 unspecified atom stereocenters. The quantitative estimate of drug-likeness (QED) is 0.413. The van der Waals surface area contributed by atoms with Gasteiger partial charge in [-0.15, -0.1) is 5.10 Å². The van der Waals surface area contributed by atoms with Gasteiger partial charge in [-0.1, -0.05) is 63.5 Å². The number of nitrogens with zero attached hydrogens (tertiary/aromatic N) is 3. The van der Waals surface area contributed by atoms with Crippen molar-refractivity contribution in [3.05, 3.63) is 93.7 Å². The molecule has 1 aromatic heterocycles. The van der Waals surface area contributed by atoms with Crippen LogP contribution in [0.1, 0.15) is 27.3 Å². The Morgan fingerprint density at radius 2 is 1.57 bits per heavy atom. The Kier molecular flexibility index (Phi) is 5.50. The molecule has 1 N–H and O–H groups in total. The Balaban J connectivity index is 1.78. The van der Waals surface area contributed by atoms with Crippen LogP contribution < -0.4 is 5.32 Å². The monoisotopic (exact) mass is 460 g/mol. The number of rotatable bonds is 4. The molecule has 0 saturated carbocycles. The predicted octanol–water partition coefficient (Wildman–Crippen LogP) is 5.87. The first-order valence-electron chi connectivity index (χ1n) is 9.59. The number of benzene rings is 3. The van der Waals surface area contributed by atoms with Crippen LogP contribution in [-0.2, 0) is 0 Å². The van der Waals surface area contributed by atoms with Crippen LogP contribution >= 0.6 is 15.9 Å². The number of carbonyl (C=O) groups is 1. The zero-order valence-corrected chi connectivity index (χ0v) is 18.6. The molecule has 3 aromatic carbocycles. The van der Waals surface area contributed by atoms with Gasteiger partial charge in [-0.3, -0.25) is 4.79 Å². The number of halogens is 1. The lowest BCUT2D eigenvalue weighted by atomic mass is 10.1. The Morgan fingerprint density at radius 3 is 2.23 bits per heavy atom. The highest BCUT2D eigenvalue weighted by Crippen LogP contribution is 2.25. The van der Waals surface area contributed by atoms with Gasteiger partial charge in [-0.05, 0) is 56.7 Å². The van der Waals surface area contributed by atoms with Gasteiger partial charge in [-0.25, -0.2) is 9.67 Å². The lowest BCUT2D eigenvalue weighted by molar-refractivity contribution is 0.101. The average Bonchev–Trinajstić information content (AvgIpc) is 3.15. The third-order valence-corrected chi connectivity index (χ3v) is 5.33. The van der Waals surface area contributed by atoms with Crippen LogP contribution in [0.4, 0.5) is 5.69 Å². The molecule has 0 saturated heterocycles. The second-order valence-electron chi connectivity index (χ2n) is 7.29. The standard InChI is InChI=1S/C24H21BrN4O/c1-15-4-11-20(12-5-15)26-24(30)22-27-23(18-7-9-19(25)10-8-18)29(28-22)21-13-6-16(2)14-17(21)3/h4-14H,1-3H3,(H,26,30). The summed E-state index contributed by atoms with van der Waals surface area (Å²) in [5.41, 5.74) is 5.82. The lowest BCUT2D eigenvalue weighted by Crippen LogP contribution is -2.14. The second-order valence-corrected chi connectivity index (χ2v) is 8.20. The minimum Gasteiger partial charge on any atom is -0.319 e. The fourth-order valence-electron chi connectivity index (χ4n) is 3.23. The van der Waals surface area contributed by atoms with E-state index in [4.69, 9.17) is 0 Å². The fraction of sp³-hybridized carbons (Fsp3) is 0.125. The van der Waals surface area contributed by atoms with Crippen LogP contribution in [0.5, 0.6) is 0 Å². The maximum Gasteiger partial charge on any atom is 0.295 e. The number of anilines is 1. The molecule has 5 nitrogen and oxygen atoms in total. The summed E-state index contributed by atoms with van der Waals surface area (Å²) in [5.74, 6) is 0.387. The first kappa shape index (κ1) is 20.0. The zero-order valence-electron chi connectivity index (χ0n) is 17.0. The van der Waals surface area contributed by atoms with E-state index in [1.54, 1.807) is 4.68 Å². The van der Waals surface area contributed by atoms with Crippen molar-refractivity contribution in [1.82, 2.24) is 14.8 Å². The van der Waals surface area contributed by atoms with Crippen molar-refractivity contribution in [2.45, 2.75) is 20.8 Å². The first-order valence-corrected chi connectivity index (χ1v) is 10.4. The van der Waals surface area contributed by atoms with Crippen molar-refractivity contribution in [2.24, 2.45) is 0 Å². The Hall–Kier alpha value is -3.25. The number of nitrogens with one attached hydrogen (secondary N) is 1. The highest BCUT2D eigenvalue weighted by atomic mass is 79.9. The van der Waals surface area contributed by atoms with Crippen LogP contribution in [0.15, 0.2) is 71.2 Å². The molecule has 0 atom stereocenters. The summed E-state index contributed by atoms with van der Waals surface area (Å²) < 4.78 is 2.71. The molecule has 0 radical (unpaired) electrons. The molecule has 1 heterocycles. The van der Waals surface area contributed by atoms with Crippen LogP contribution in [-0.4, -0.2) is 20.7 Å². The third kappa shape index (κ3) is 4.19. The van der Waals surface area contributed by atoms with Gasteiger partial charge in [0, 0.05) is 15.7 Å². The molecule has 1 amide bonds. The fourth-order valence-corrected chi connectivity index (χ4v) is 3.49. The van der Waals surface area contributed by atoms with E-state index in [1.165, 1.54) is 5.56 Å². The maximum absolute atomic E-state index is 12.9. The molecular weight excluding hydrogens is 440 g/mol. The zero-order chi connectivity index (χ0) is 21.3. The smallest absolute Gasteiger partial charge is 0.295 e. The highest BCUT2D eigenvalue weighted by molar-refractivity contribution is 9.10. The molecule has 0 bridgehead atoms. The van der Waals surface area contributed by atoms with Crippen molar-refractivity contribution >= 4 is 27.5 Å². The molecule has 0 spiro atoms. The Morgan fingerprint density at radius 1 is 0.900 bits per heavy atom. The molecule has 150 valence electrons. The number of aromatic nitrogens is 3. The minimum atomic E-state index is -0.347. The topological polar surface area (TPSA) is 59.8 Å². The van der Waals surface area contributed by atoms with Gasteiger partial charge in [0.1, 0.15) is 0 Å². The number of aryl methyl sites for hydroxylation is 3. The normalized spacial score (nSPS) is 10.8. The molecule has 6 heteroatoms. The third-order valence-electron chi connectivity index (χ3n) is 4.80. The average molecular weight is 461 g/mol. The van der Waals surface area contributed by atoms with Crippen molar-refractivity contribution in [3.8, 4) is 17.1 Å². The van der Waals surface area contributed by atoms with Gasteiger partial charge in [0.25, 0.3) is 5.91 Å². The summed E-state index contributed by atoms with van der Waals surface area (Å²) >= 11 is 3.46. The molecule has 0 aliphatic heterocycles. The molecule has 4 aromatic rings. The first-order chi connectivity index (χ1) is 14.4. The van der Waals surface area contributed by atoms with Gasteiger partial charge in [0.05, 0.1) is 5.69 Å². The summed E-state index contributed by atoms with van der Waals surface area (Å²) in [6, 6.07) is 21.6. The van der Waals surface area contributed by atoms with Crippen molar-refractivity contribution < 1.29 is 4.79 Å². The molecule has 30 heavy (non-hydrogen) atoms. The van der Waals surface area contributed by atoms with Crippen molar-refractivity contribution in [1.29, 1.82) is 0 Å². The molecule has 4 rings (SSSR count). The van der Waals surface area contributed by atoms with E-state index in [9.17, 15) is 4.79 Å². The Bertz CT molecular complexity index is 1210. The van der Waals surface area contributed by atoms with E-state index in [2.05, 4.69) is 37.4 Å². The van der Waals surface area contributed by atoms with Crippen molar-refractivity contribution in [3.63, 3.8) is 0 Å². The van der Waals surface area contributed by atoms with E-state index < -0.39 is 0 Å². The van der Waals surface area contributed by atoms with Crippen LogP contribution in [0.3, 0.4) is 0 Å². The summed E-state index contributed by atoms with van der Waals surface area (Å²) in [6.45, 7) is 6.08. The van der Waals surface area contributed by atoms with Gasteiger partial charge >= 0.3 is 0 Å². The molecule has 0 fully saturated rings. The molecule has 0 aliphatic carbocycles. The predicted molar refractivity (Wildman–Crippen MR) is 123 cm³/mol.